The van der Waals surface area contributed by atoms with Crippen LogP contribution in [-0.4, -0.2) is 38.4 Å². The molecule has 0 N–H and O–H groups in total. The third-order valence-electron chi connectivity index (χ3n) is 4.67. The molecule has 1 aliphatic rings. The summed E-state index contributed by atoms with van der Waals surface area (Å²) in [6.07, 6.45) is 0. The fourth-order valence-electron chi connectivity index (χ4n) is 3.24. The molecule has 1 unspecified atom stereocenters. The molecule has 0 saturated carbocycles. The Morgan fingerprint density at radius 1 is 1.00 bits per heavy atom. The van der Waals surface area contributed by atoms with Crippen molar-refractivity contribution < 1.29 is 8.42 Å². The minimum atomic E-state index is -3.29. The van der Waals surface area contributed by atoms with Crippen LogP contribution in [0.15, 0.2) is 54.6 Å². The van der Waals surface area contributed by atoms with Crippen molar-refractivity contribution in [1.82, 2.24) is 4.31 Å². The van der Waals surface area contributed by atoms with Gasteiger partial charge in [-0.25, -0.2) is 8.42 Å². The van der Waals surface area contributed by atoms with Crippen LogP contribution in [0.25, 0.3) is 0 Å². The van der Waals surface area contributed by atoms with Crippen LogP contribution in [0.4, 0.5) is 5.69 Å². The molecular weight excluding hydrogens is 320 g/mol. The Kier molecular flexibility index (Phi) is 4.92. The third-order valence-corrected chi connectivity index (χ3v) is 6.46. The fourth-order valence-corrected chi connectivity index (χ4v) is 4.94. The molecule has 2 aromatic rings. The summed E-state index contributed by atoms with van der Waals surface area (Å²) in [5.41, 5.74) is 3.06. The Bertz CT molecular complexity index is 790. The fraction of sp³-hybridized carbons (Fsp3) is 0.368. The van der Waals surface area contributed by atoms with Crippen molar-refractivity contribution in [2.24, 2.45) is 0 Å². The van der Waals surface area contributed by atoms with Crippen molar-refractivity contribution in [2.45, 2.75) is 25.6 Å². The van der Waals surface area contributed by atoms with Gasteiger partial charge in [-0.15, -0.1) is 0 Å². The summed E-state index contributed by atoms with van der Waals surface area (Å²) >= 11 is 0. The predicted molar refractivity (Wildman–Crippen MR) is 98.6 cm³/mol. The number of hydrogen-bond donors (Lipinski definition) is 0. The normalized spacial score (nSPS) is 19.4. The van der Waals surface area contributed by atoms with Crippen molar-refractivity contribution >= 4 is 15.7 Å². The van der Waals surface area contributed by atoms with Crippen molar-refractivity contribution in [3.8, 4) is 0 Å². The number of para-hydroxylation sites is 1. The minimum absolute atomic E-state index is 0.0811. The number of benzene rings is 2. The van der Waals surface area contributed by atoms with Crippen molar-refractivity contribution in [3.05, 3.63) is 65.7 Å². The number of rotatable bonds is 4. The van der Waals surface area contributed by atoms with E-state index in [2.05, 4.69) is 24.0 Å². The zero-order valence-electron chi connectivity index (χ0n) is 14.2. The molecule has 5 heteroatoms. The standard InChI is InChI=1S/C19H24N2O2S/c1-16-8-6-7-9-18(16)15-24(22,23)20-12-13-21(17(2)14-20)19-10-4-3-5-11-19/h3-11,17H,12-15H2,1-2H3. The van der Waals surface area contributed by atoms with Gasteiger partial charge in [0.05, 0.1) is 5.75 Å². The SMILES string of the molecule is Cc1ccccc1CS(=O)(=O)N1CCN(c2ccccc2)C(C)C1. The van der Waals surface area contributed by atoms with E-state index in [1.54, 1.807) is 4.31 Å². The molecule has 24 heavy (non-hydrogen) atoms. The first-order valence-corrected chi connectivity index (χ1v) is 9.92. The summed E-state index contributed by atoms with van der Waals surface area (Å²) in [6, 6.07) is 18.0. The van der Waals surface area contributed by atoms with Gasteiger partial charge in [0.25, 0.3) is 0 Å². The van der Waals surface area contributed by atoms with Gasteiger partial charge in [-0.05, 0) is 37.1 Å². The highest BCUT2D eigenvalue weighted by atomic mass is 32.2. The molecule has 1 atom stereocenters. The number of hydrogen-bond acceptors (Lipinski definition) is 3. The van der Waals surface area contributed by atoms with Gasteiger partial charge >= 0.3 is 0 Å². The molecule has 1 saturated heterocycles. The summed E-state index contributed by atoms with van der Waals surface area (Å²) in [5, 5.41) is 0. The lowest BCUT2D eigenvalue weighted by Crippen LogP contribution is -2.53. The lowest BCUT2D eigenvalue weighted by Gasteiger charge is -2.40. The second kappa shape index (κ2) is 6.95. The van der Waals surface area contributed by atoms with Gasteiger partial charge < -0.3 is 4.90 Å². The molecule has 0 aromatic heterocycles. The minimum Gasteiger partial charge on any atom is -0.366 e. The average molecular weight is 344 g/mol. The van der Waals surface area contributed by atoms with Gasteiger partial charge in [-0.3, -0.25) is 0 Å². The van der Waals surface area contributed by atoms with Gasteiger partial charge in [-0.1, -0.05) is 42.5 Å². The lowest BCUT2D eigenvalue weighted by atomic mass is 10.1. The number of anilines is 1. The molecule has 0 aliphatic carbocycles. The molecule has 4 nitrogen and oxygen atoms in total. The first-order valence-electron chi connectivity index (χ1n) is 8.31. The zero-order valence-corrected chi connectivity index (χ0v) is 15.0. The molecule has 3 rings (SSSR count). The smallest absolute Gasteiger partial charge is 0.218 e. The van der Waals surface area contributed by atoms with Gasteiger partial charge in [0, 0.05) is 31.4 Å². The number of nitrogens with zero attached hydrogens (tertiary/aromatic N) is 2. The molecule has 1 fully saturated rings. The summed E-state index contributed by atoms with van der Waals surface area (Å²) < 4.78 is 27.2. The Morgan fingerprint density at radius 2 is 1.67 bits per heavy atom. The quantitative estimate of drug-likeness (QED) is 0.856. The molecule has 0 amide bonds. The monoisotopic (exact) mass is 344 g/mol. The maximum Gasteiger partial charge on any atom is 0.218 e. The molecule has 0 spiro atoms. The highest BCUT2D eigenvalue weighted by Gasteiger charge is 2.31. The highest BCUT2D eigenvalue weighted by molar-refractivity contribution is 7.88. The van der Waals surface area contributed by atoms with Crippen LogP contribution >= 0.6 is 0 Å². The molecule has 2 aromatic carbocycles. The molecule has 1 heterocycles. The lowest BCUT2D eigenvalue weighted by molar-refractivity contribution is 0.342. The third kappa shape index (κ3) is 3.62. The van der Waals surface area contributed by atoms with E-state index in [1.165, 1.54) is 0 Å². The van der Waals surface area contributed by atoms with E-state index in [-0.39, 0.29) is 11.8 Å². The van der Waals surface area contributed by atoms with E-state index in [1.807, 2.05) is 49.4 Å². The van der Waals surface area contributed by atoms with Gasteiger partial charge in [0.15, 0.2) is 0 Å². The number of sulfonamides is 1. The van der Waals surface area contributed by atoms with E-state index >= 15 is 0 Å². The van der Waals surface area contributed by atoms with Crippen LogP contribution in [0.1, 0.15) is 18.1 Å². The molecule has 0 radical (unpaired) electrons. The second-order valence-electron chi connectivity index (χ2n) is 6.42. The average Bonchev–Trinajstić information content (AvgIpc) is 2.57. The van der Waals surface area contributed by atoms with Gasteiger partial charge in [0.2, 0.25) is 10.0 Å². The number of aryl methyl sites for hydroxylation is 1. The summed E-state index contributed by atoms with van der Waals surface area (Å²) in [5.74, 6) is 0.0811. The molecule has 128 valence electrons. The van der Waals surface area contributed by atoms with Crippen molar-refractivity contribution in [3.63, 3.8) is 0 Å². The first kappa shape index (κ1) is 17.0. The van der Waals surface area contributed by atoms with Crippen molar-refractivity contribution in [2.75, 3.05) is 24.5 Å². The highest BCUT2D eigenvalue weighted by Crippen LogP contribution is 2.23. The molecule has 0 bridgehead atoms. The van der Waals surface area contributed by atoms with E-state index in [9.17, 15) is 8.42 Å². The van der Waals surface area contributed by atoms with E-state index in [0.717, 1.165) is 23.4 Å². The van der Waals surface area contributed by atoms with Crippen LogP contribution in [0.5, 0.6) is 0 Å². The Morgan fingerprint density at radius 3 is 2.33 bits per heavy atom. The van der Waals surface area contributed by atoms with Crippen molar-refractivity contribution in [1.29, 1.82) is 0 Å². The van der Waals surface area contributed by atoms with Crippen LogP contribution < -0.4 is 4.90 Å². The summed E-state index contributed by atoms with van der Waals surface area (Å²) in [6.45, 7) is 5.83. The van der Waals surface area contributed by atoms with Crippen LogP contribution in [0, 0.1) is 6.92 Å². The number of piperazine rings is 1. The van der Waals surface area contributed by atoms with Gasteiger partial charge in [0.1, 0.15) is 0 Å². The maximum absolute atomic E-state index is 12.8. The Hall–Kier alpha value is -1.85. The van der Waals surface area contributed by atoms with Gasteiger partial charge in [-0.2, -0.15) is 4.31 Å². The van der Waals surface area contributed by atoms with Crippen LogP contribution in [0.3, 0.4) is 0 Å². The molecule has 1 aliphatic heterocycles. The van der Waals surface area contributed by atoms with E-state index in [0.29, 0.717) is 13.1 Å². The largest absolute Gasteiger partial charge is 0.366 e. The summed E-state index contributed by atoms with van der Waals surface area (Å²) in [7, 11) is -3.29. The second-order valence-corrected chi connectivity index (χ2v) is 8.39. The zero-order chi connectivity index (χ0) is 17.2. The Labute approximate surface area is 144 Å². The molecular formula is C19H24N2O2S. The summed E-state index contributed by atoms with van der Waals surface area (Å²) in [4.78, 5) is 2.28. The van der Waals surface area contributed by atoms with E-state index < -0.39 is 10.0 Å². The predicted octanol–water partition coefficient (Wildman–Crippen LogP) is 3.04. The topological polar surface area (TPSA) is 40.6 Å². The Balaban J connectivity index is 1.72. The first-order chi connectivity index (χ1) is 11.5. The van der Waals surface area contributed by atoms with E-state index in [4.69, 9.17) is 0 Å². The maximum atomic E-state index is 12.8. The van der Waals surface area contributed by atoms with Crippen LogP contribution in [-0.2, 0) is 15.8 Å². The van der Waals surface area contributed by atoms with Crippen LogP contribution in [0.2, 0.25) is 0 Å².